The molecule has 9 heteroatoms. The summed E-state index contributed by atoms with van der Waals surface area (Å²) < 4.78 is 1.43. The number of nitrogens with zero attached hydrogens (tertiary/aromatic N) is 4. The van der Waals surface area contributed by atoms with Crippen molar-refractivity contribution in [3.8, 4) is 0 Å². The monoisotopic (exact) mass is 503 g/mol. The number of hydrogen-bond donors (Lipinski definition) is 1. The first-order valence-electron chi connectivity index (χ1n) is 13.3. The van der Waals surface area contributed by atoms with Crippen LogP contribution >= 0.6 is 0 Å². The van der Waals surface area contributed by atoms with Crippen LogP contribution in [-0.2, 0) is 22.2 Å². The largest absolute Gasteiger partial charge is 0.356 e. The summed E-state index contributed by atoms with van der Waals surface area (Å²) in [5.74, 6) is -0.735. The predicted octanol–water partition coefficient (Wildman–Crippen LogP) is 1.46. The number of hydrogen-bond acceptors (Lipinski definition) is 5. The van der Waals surface area contributed by atoms with Crippen LogP contribution in [0.15, 0.2) is 47.4 Å². The Hall–Kier alpha value is -3.46. The third kappa shape index (κ3) is 3.62. The number of aryl methyl sites for hydroxylation is 1. The molecule has 1 N–H and O–H groups in total. The summed E-state index contributed by atoms with van der Waals surface area (Å²) in [4.78, 5) is 59.3. The Kier molecular flexibility index (Phi) is 5.90. The average molecular weight is 504 g/mol. The van der Waals surface area contributed by atoms with Crippen molar-refractivity contribution < 1.29 is 14.4 Å². The van der Waals surface area contributed by atoms with Gasteiger partial charge in [-0.1, -0.05) is 18.2 Å². The van der Waals surface area contributed by atoms with Crippen LogP contribution in [0.25, 0.3) is 0 Å². The van der Waals surface area contributed by atoms with Crippen LogP contribution in [0, 0.1) is 5.92 Å². The highest BCUT2D eigenvalue weighted by Gasteiger charge is 2.66. The SMILES string of the molecule is Cn1ccc(C(=O)N2CCCNC(=O)[C@@H]3C[C@@H]4CCCN4[C@@]34C(=O)N(CCC2)c2ccccc24)cc1=O. The van der Waals surface area contributed by atoms with Gasteiger partial charge in [-0.2, -0.15) is 0 Å². The quantitative estimate of drug-likeness (QED) is 0.636. The molecule has 3 atom stereocenters. The zero-order valence-corrected chi connectivity index (χ0v) is 21.2. The molecule has 0 radical (unpaired) electrons. The number of pyridine rings is 1. The molecule has 1 aromatic carbocycles. The highest BCUT2D eigenvalue weighted by atomic mass is 16.2. The minimum atomic E-state index is -0.949. The molecule has 9 nitrogen and oxygen atoms in total. The number of fused-ring (bicyclic) bond motifs is 4. The fraction of sp³-hybridized carbons (Fsp3) is 0.500. The van der Waals surface area contributed by atoms with E-state index in [0.29, 0.717) is 51.0 Å². The van der Waals surface area contributed by atoms with Gasteiger partial charge in [-0.25, -0.2) is 0 Å². The van der Waals surface area contributed by atoms with Crippen LogP contribution in [0.1, 0.15) is 48.0 Å². The van der Waals surface area contributed by atoms with Gasteiger partial charge >= 0.3 is 0 Å². The first-order chi connectivity index (χ1) is 17.9. The van der Waals surface area contributed by atoms with Crippen LogP contribution in [0.4, 0.5) is 5.69 Å². The van der Waals surface area contributed by atoms with E-state index in [-0.39, 0.29) is 29.3 Å². The van der Waals surface area contributed by atoms with E-state index in [1.807, 2.05) is 29.2 Å². The average Bonchev–Trinajstić information content (AvgIpc) is 3.55. The molecule has 3 fully saturated rings. The second-order valence-electron chi connectivity index (χ2n) is 10.7. The number of carbonyl (C=O) groups excluding carboxylic acids is 3. The lowest BCUT2D eigenvalue weighted by molar-refractivity contribution is -0.138. The van der Waals surface area contributed by atoms with Gasteiger partial charge in [-0.15, -0.1) is 0 Å². The van der Waals surface area contributed by atoms with E-state index in [4.69, 9.17) is 0 Å². The van der Waals surface area contributed by atoms with Crippen molar-refractivity contribution in [1.29, 1.82) is 0 Å². The molecule has 37 heavy (non-hydrogen) atoms. The number of amides is 3. The number of nitrogens with one attached hydrogen (secondary N) is 1. The summed E-state index contributed by atoms with van der Waals surface area (Å²) in [6.07, 6.45) is 5.54. The molecule has 2 bridgehead atoms. The minimum Gasteiger partial charge on any atom is -0.356 e. The Labute approximate surface area is 216 Å². The van der Waals surface area contributed by atoms with Gasteiger partial charge in [0.2, 0.25) is 5.91 Å². The van der Waals surface area contributed by atoms with Crippen LogP contribution in [-0.4, -0.2) is 70.9 Å². The fourth-order valence-electron chi connectivity index (χ4n) is 6.99. The predicted molar refractivity (Wildman–Crippen MR) is 138 cm³/mol. The number of rotatable bonds is 1. The molecule has 5 heterocycles. The zero-order valence-electron chi connectivity index (χ0n) is 21.2. The molecule has 4 aliphatic heterocycles. The van der Waals surface area contributed by atoms with Gasteiger partial charge in [0.25, 0.3) is 17.4 Å². The Morgan fingerprint density at radius 2 is 1.81 bits per heavy atom. The van der Waals surface area contributed by atoms with Gasteiger partial charge in [-0.3, -0.25) is 24.1 Å². The van der Waals surface area contributed by atoms with Crippen molar-refractivity contribution >= 4 is 23.4 Å². The van der Waals surface area contributed by atoms with E-state index in [1.165, 1.54) is 10.6 Å². The van der Waals surface area contributed by atoms with E-state index in [2.05, 4.69) is 10.2 Å². The Morgan fingerprint density at radius 1 is 1.00 bits per heavy atom. The standard InChI is InChI=1S/C28H33N5O4/c1-30-16-10-19(17-24(30)34)26(36)31-12-5-11-29-25(35)22-18-20-7-4-15-33(20)28(22)21-8-2-3-9-23(21)32(27(28)37)14-6-13-31/h2-3,8-10,16-17,20,22H,4-7,11-15,18H2,1H3,(H,29,35)/t20-,22-,28+/m0/s1. The van der Waals surface area contributed by atoms with Crippen molar-refractivity contribution in [2.75, 3.05) is 37.6 Å². The number of benzene rings is 1. The third-order valence-electron chi connectivity index (χ3n) is 8.69. The first kappa shape index (κ1) is 23.9. The smallest absolute Gasteiger partial charge is 0.254 e. The van der Waals surface area contributed by atoms with Crippen molar-refractivity contribution in [3.63, 3.8) is 0 Å². The molecule has 0 unspecified atom stereocenters. The first-order valence-corrected chi connectivity index (χ1v) is 13.3. The molecule has 4 aliphatic rings. The maximum Gasteiger partial charge on any atom is 0.254 e. The van der Waals surface area contributed by atoms with Crippen LogP contribution in [0.3, 0.4) is 0 Å². The summed E-state index contributed by atoms with van der Waals surface area (Å²) in [7, 11) is 1.65. The van der Waals surface area contributed by atoms with E-state index >= 15 is 0 Å². The molecular formula is C28H33N5O4. The number of anilines is 1. The Bertz CT molecular complexity index is 1320. The van der Waals surface area contributed by atoms with Crippen molar-refractivity contribution in [2.45, 2.75) is 43.7 Å². The fourth-order valence-corrected chi connectivity index (χ4v) is 6.99. The molecule has 1 spiro atoms. The maximum absolute atomic E-state index is 14.4. The number of aromatic nitrogens is 1. The van der Waals surface area contributed by atoms with Crippen molar-refractivity contribution in [3.05, 3.63) is 64.1 Å². The summed E-state index contributed by atoms with van der Waals surface area (Å²) >= 11 is 0. The van der Waals surface area contributed by atoms with Gasteiger partial charge < -0.3 is 19.7 Å². The zero-order chi connectivity index (χ0) is 25.7. The van der Waals surface area contributed by atoms with Crippen LogP contribution in [0.2, 0.25) is 0 Å². The molecule has 3 saturated heterocycles. The van der Waals surface area contributed by atoms with Crippen LogP contribution in [0.5, 0.6) is 0 Å². The van der Waals surface area contributed by atoms with Crippen molar-refractivity contribution in [1.82, 2.24) is 19.7 Å². The molecule has 3 amide bonds. The van der Waals surface area contributed by atoms with Gasteiger partial charge in [0, 0.05) is 68.3 Å². The summed E-state index contributed by atoms with van der Waals surface area (Å²) in [5.41, 5.74) is 0.983. The molecule has 1 aromatic heterocycles. The molecule has 194 valence electrons. The second kappa shape index (κ2) is 9.13. The number of carbonyl (C=O) groups is 3. The van der Waals surface area contributed by atoms with Crippen molar-refractivity contribution in [2.24, 2.45) is 13.0 Å². The normalized spacial score (nSPS) is 28.0. The van der Waals surface area contributed by atoms with Gasteiger partial charge in [0.15, 0.2) is 0 Å². The lowest BCUT2D eigenvalue weighted by atomic mass is 9.78. The van der Waals surface area contributed by atoms with E-state index in [9.17, 15) is 19.2 Å². The van der Waals surface area contributed by atoms with E-state index < -0.39 is 11.5 Å². The van der Waals surface area contributed by atoms with E-state index in [1.54, 1.807) is 24.2 Å². The van der Waals surface area contributed by atoms with Gasteiger partial charge in [0.05, 0.1) is 5.92 Å². The van der Waals surface area contributed by atoms with Crippen LogP contribution < -0.4 is 15.8 Å². The second-order valence-corrected chi connectivity index (χ2v) is 10.7. The summed E-state index contributed by atoms with van der Waals surface area (Å²) in [6, 6.07) is 11.2. The Morgan fingerprint density at radius 3 is 2.65 bits per heavy atom. The molecule has 0 saturated carbocycles. The lowest BCUT2D eigenvalue weighted by Gasteiger charge is -2.37. The number of para-hydroxylation sites is 1. The highest BCUT2D eigenvalue weighted by molar-refractivity contribution is 6.11. The highest BCUT2D eigenvalue weighted by Crippen LogP contribution is 2.57. The molecule has 6 rings (SSSR count). The summed E-state index contributed by atoms with van der Waals surface area (Å²) in [6.45, 7) is 2.63. The van der Waals surface area contributed by atoms with Gasteiger partial charge in [0.1, 0.15) is 5.54 Å². The molecular weight excluding hydrogens is 470 g/mol. The van der Waals surface area contributed by atoms with E-state index in [0.717, 1.165) is 30.6 Å². The lowest BCUT2D eigenvalue weighted by Crippen LogP contribution is -2.56. The summed E-state index contributed by atoms with van der Waals surface area (Å²) in [5, 5.41) is 3.10. The minimum absolute atomic E-state index is 0.0121. The molecule has 0 aliphatic carbocycles. The maximum atomic E-state index is 14.4. The topological polar surface area (TPSA) is 95.0 Å². The van der Waals surface area contributed by atoms with Gasteiger partial charge in [-0.05, 0) is 50.8 Å². The molecule has 2 aromatic rings. The third-order valence-corrected chi connectivity index (χ3v) is 8.69. The Balaban J connectivity index is 1.34.